The van der Waals surface area contributed by atoms with Gasteiger partial charge in [0.15, 0.2) is 0 Å². The number of primary amides is 1. The third-order valence-corrected chi connectivity index (χ3v) is 3.85. The average Bonchev–Trinajstić information content (AvgIpc) is 2.99. The van der Waals surface area contributed by atoms with E-state index >= 15 is 0 Å². The largest absolute Gasteiger partial charge is 0.368 e. The van der Waals surface area contributed by atoms with Crippen LogP contribution in [0.15, 0.2) is 0 Å². The summed E-state index contributed by atoms with van der Waals surface area (Å²) in [4.78, 5) is 16.1. The van der Waals surface area contributed by atoms with Crippen LogP contribution in [0.2, 0.25) is 0 Å². The number of hydrogen-bond donors (Lipinski definition) is 2. The molecule has 0 aromatic carbocycles. The van der Waals surface area contributed by atoms with E-state index in [1.165, 1.54) is 38.8 Å². The number of carbonyl (C=O) groups excluding carboxylic acids is 1. The minimum Gasteiger partial charge on any atom is -0.368 e. The van der Waals surface area contributed by atoms with Gasteiger partial charge < -0.3 is 20.9 Å². The van der Waals surface area contributed by atoms with Crippen molar-refractivity contribution in [2.75, 3.05) is 39.8 Å². The van der Waals surface area contributed by atoms with Gasteiger partial charge in [-0.3, -0.25) is 4.79 Å². The first-order valence-corrected chi connectivity index (χ1v) is 7.11. The Labute approximate surface area is 110 Å². The Kier molecular flexibility index (Phi) is 4.97. The van der Waals surface area contributed by atoms with Crippen LogP contribution in [0.1, 0.15) is 25.7 Å². The predicted molar refractivity (Wildman–Crippen MR) is 72.3 cm³/mol. The second kappa shape index (κ2) is 6.50. The Morgan fingerprint density at radius 3 is 2.67 bits per heavy atom. The zero-order chi connectivity index (χ0) is 13.0. The molecule has 2 rings (SSSR count). The molecular weight excluding hydrogens is 228 g/mol. The Morgan fingerprint density at radius 2 is 2.11 bits per heavy atom. The molecule has 5 nitrogen and oxygen atoms in total. The molecule has 1 atom stereocenters. The van der Waals surface area contributed by atoms with Gasteiger partial charge in [-0.1, -0.05) is 0 Å². The molecule has 2 aliphatic rings. The van der Waals surface area contributed by atoms with Crippen molar-refractivity contribution in [1.29, 1.82) is 0 Å². The summed E-state index contributed by atoms with van der Waals surface area (Å²) in [5, 5.41) is 3.32. The quantitative estimate of drug-likeness (QED) is 0.620. The number of nitrogens with zero attached hydrogens (tertiary/aromatic N) is 2. The fourth-order valence-electron chi connectivity index (χ4n) is 2.48. The van der Waals surface area contributed by atoms with Gasteiger partial charge in [0.25, 0.3) is 0 Å². The molecule has 104 valence electrons. The van der Waals surface area contributed by atoms with E-state index in [2.05, 4.69) is 22.2 Å². The zero-order valence-corrected chi connectivity index (χ0v) is 11.4. The third-order valence-electron chi connectivity index (χ3n) is 3.85. The lowest BCUT2D eigenvalue weighted by Gasteiger charge is -2.25. The summed E-state index contributed by atoms with van der Waals surface area (Å²) >= 11 is 0. The summed E-state index contributed by atoms with van der Waals surface area (Å²) in [6, 6.07) is 0.329. The molecule has 1 saturated carbocycles. The van der Waals surface area contributed by atoms with E-state index in [1.54, 1.807) is 0 Å². The van der Waals surface area contributed by atoms with Gasteiger partial charge in [0.05, 0.1) is 6.04 Å². The van der Waals surface area contributed by atoms with E-state index in [4.69, 9.17) is 5.73 Å². The second-order valence-electron chi connectivity index (χ2n) is 5.71. The van der Waals surface area contributed by atoms with E-state index in [1.807, 2.05) is 0 Å². The maximum Gasteiger partial charge on any atom is 0.235 e. The molecule has 1 unspecified atom stereocenters. The van der Waals surface area contributed by atoms with Gasteiger partial charge in [-0.2, -0.15) is 0 Å². The highest BCUT2D eigenvalue weighted by molar-refractivity contribution is 5.80. The Balaban J connectivity index is 1.66. The van der Waals surface area contributed by atoms with E-state index in [0.717, 1.165) is 19.6 Å². The van der Waals surface area contributed by atoms with Crippen molar-refractivity contribution in [1.82, 2.24) is 15.1 Å². The third kappa shape index (κ3) is 4.55. The molecule has 0 bridgehead atoms. The number of hydrogen-bond acceptors (Lipinski definition) is 4. The molecule has 0 aromatic rings. The van der Waals surface area contributed by atoms with Gasteiger partial charge >= 0.3 is 0 Å². The van der Waals surface area contributed by atoms with Gasteiger partial charge in [-0.15, -0.1) is 0 Å². The summed E-state index contributed by atoms with van der Waals surface area (Å²) in [6.45, 7) is 5.29. The Morgan fingerprint density at radius 1 is 1.44 bits per heavy atom. The Bertz CT molecular complexity index is 274. The number of rotatable bonds is 8. The molecule has 1 amide bonds. The standard InChI is InChI=1S/C13H26N4O/c1-16(8-9-17-6-2-3-7-17)10-12(13(14)18)15-11-4-5-11/h11-12,15H,2-10H2,1H3,(H2,14,18). The highest BCUT2D eigenvalue weighted by Crippen LogP contribution is 2.19. The molecule has 2 fully saturated rings. The van der Waals surface area contributed by atoms with Crippen LogP contribution in [0.4, 0.5) is 0 Å². The van der Waals surface area contributed by atoms with Crippen molar-refractivity contribution in [2.24, 2.45) is 5.73 Å². The first-order valence-electron chi connectivity index (χ1n) is 7.11. The van der Waals surface area contributed by atoms with Crippen LogP contribution < -0.4 is 11.1 Å². The smallest absolute Gasteiger partial charge is 0.235 e. The first kappa shape index (κ1) is 13.8. The van der Waals surface area contributed by atoms with E-state index in [0.29, 0.717) is 6.04 Å². The van der Waals surface area contributed by atoms with Crippen molar-refractivity contribution in [3.8, 4) is 0 Å². The molecule has 1 heterocycles. The van der Waals surface area contributed by atoms with Gasteiger partial charge in [-0.05, 0) is 45.8 Å². The predicted octanol–water partition coefficient (Wildman–Crippen LogP) is -0.380. The lowest BCUT2D eigenvalue weighted by Crippen LogP contribution is -2.50. The lowest BCUT2D eigenvalue weighted by molar-refractivity contribution is -0.120. The minimum atomic E-state index is -0.227. The van der Waals surface area contributed by atoms with Gasteiger partial charge in [0.1, 0.15) is 0 Å². The molecule has 1 aliphatic carbocycles. The second-order valence-corrected chi connectivity index (χ2v) is 5.71. The van der Waals surface area contributed by atoms with Crippen LogP contribution in [-0.2, 0) is 4.79 Å². The van der Waals surface area contributed by atoms with Crippen molar-refractivity contribution >= 4 is 5.91 Å². The SMILES string of the molecule is CN(CCN1CCCC1)CC(NC1CC1)C(N)=O. The lowest BCUT2D eigenvalue weighted by atomic mass is 10.2. The number of nitrogens with two attached hydrogens (primary N) is 1. The summed E-state index contributed by atoms with van der Waals surface area (Å²) in [6.07, 6.45) is 5.02. The highest BCUT2D eigenvalue weighted by atomic mass is 16.1. The first-order chi connectivity index (χ1) is 8.65. The van der Waals surface area contributed by atoms with Crippen LogP contribution in [0.25, 0.3) is 0 Å². The average molecular weight is 254 g/mol. The topological polar surface area (TPSA) is 61.6 Å². The summed E-state index contributed by atoms with van der Waals surface area (Å²) < 4.78 is 0. The molecule has 5 heteroatoms. The van der Waals surface area contributed by atoms with Crippen molar-refractivity contribution < 1.29 is 4.79 Å². The summed E-state index contributed by atoms with van der Waals surface area (Å²) in [5.41, 5.74) is 5.44. The minimum absolute atomic E-state index is 0.193. The maximum atomic E-state index is 11.4. The van der Waals surface area contributed by atoms with Gasteiger partial charge in [-0.25, -0.2) is 0 Å². The highest BCUT2D eigenvalue weighted by Gasteiger charge is 2.27. The fourth-order valence-corrected chi connectivity index (χ4v) is 2.48. The van der Waals surface area contributed by atoms with Crippen LogP contribution in [0, 0.1) is 0 Å². The Hall–Kier alpha value is -0.650. The van der Waals surface area contributed by atoms with Crippen LogP contribution in [0.5, 0.6) is 0 Å². The normalized spacial score (nSPS) is 22.6. The van der Waals surface area contributed by atoms with E-state index < -0.39 is 0 Å². The summed E-state index contributed by atoms with van der Waals surface area (Å²) in [7, 11) is 2.07. The molecule has 0 aromatic heterocycles. The van der Waals surface area contributed by atoms with E-state index in [9.17, 15) is 4.79 Å². The number of likely N-dealkylation sites (N-methyl/N-ethyl adjacent to an activating group) is 1. The molecule has 0 radical (unpaired) electrons. The van der Waals surface area contributed by atoms with Crippen molar-refractivity contribution in [3.63, 3.8) is 0 Å². The number of nitrogens with one attached hydrogen (secondary N) is 1. The maximum absolute atomic E-state index is 11.4. The summed E-state index contributed by atoms with van der Waals surface area (Å²) in [5.74, 6) is -0.227. The molecule has 1 saturated heterocycles. The molecule has 0 spiro atoms. The van der Waals surface area contributed by atoms with Crippen LogP contribution in [0.3, 0.4) is 0 Å². The van der Waals surface area contributed by atoms with E-state index in [-0.39, 0.29) is 11.9 Å². The van der Waals surface area contributed by atoms with Crippen LogP contribution >= 0.6 is 0 Å². The van der Waals surface area contributed by atoms with Gasteiger partial charge in [0.2, 0.25) is 5.91 Å². The fraction of sp³-hybridized carbons (Fsp3) is 0.923. The van der Waals surface area contributed by atoms with Crippen molar-refractivity contribution in [2.45, 2.75) is 37.8 Å². The number of carbonyl (C=O) groups is 1. The van der Waals surface area contributed by atoms with Gasteiger partial charge in [0, 0.05) is 25.7 Å². The molecule has 18 heavy (non-hydrogen) atoms. The van der Waals surface area contributed by atoms with Crippen LogP contribution in [-0.4, -0.2) is 67.6 Å². The number of likely N-dealkylation sites (tertiary alicyclic amines) is 1. The molecular formula is C13H26N4O. The van der Waals surface area contributed by atoms with Crippen molar-refractivity contribution in [3.05, 3.63) is 0 Å². The molecule has 3 N–H and O–H groups in total. The number of amides is 1. The monoisotopic (exact) mass is 254 g/mol. The zero-order valence-electron chi connectivity index (χ0n) is 11.4. The molecule has 1 aliphatic heterocycles.